The number of benzene rings is 1. The minimum absolute atomic E-state index is 0.0678. The summed E-state index contributed by atoms with van der Waals surface area (Å²) in [7, 11) is 3.17. The SMILES string of the molecule is COCCN(CC1CN(C(=O)c2ccc(OC)cc2)CCO1)C(=O)c1ccco1. The Kier molecular flexibility index (Phi) is 7.26. The Balaban J connectivity index is 1.64. The van der Waals surface area contributed by atoms with Crippen molar-refractivity contribution in [1.29, 1.82) is 0 Å². The molecule has 1 aliphatic heterocycles. The van der Waals surface area contributed by atoms with Crippen molar-refractivity contribution in [1.82, 2.24) is 9.80 Å². The van der Waals surface area contributed by atoms with Gasteiger partial charge in [0.25, 0.3) is 11.8 Å². The summed E-state index contributed by atoms with van der Waals surface area (Å²) in [4.78, 5) is 28.9. The van der Waals surface area contributed by atoms with Crippen molar-refractivity contribution < 1.29 is 28.2 Å². The van der Waals surface area contributed by atoms with Crippen LogP contribution in [-0.2, 0) is 9.47 Å². The molecule has 1 aliphatic rings. The Bertz CT molecular complexity index is 790. The van der Waals surface area contributed by atoms with E-state index in [1.54, 1.807) is 60.4 Å². The second-order valence-corrected chi connectivity index (χ2v) is 6.69. The van der Waals surface area contributed by atoms with Gasteiger partial charge in [0, 0.05) is 38.9 Å². The van der Waals surface area contributed by atoms with Gasteiger partial charge in [-0.3, -0.25) is 9.59 Å². The summed E-state index contributed by atoms with van der Waals surface area (Å²) in [6.45, 7) is 2.47. The van der Waals surface area contributed by atoms with Gasteiger partial charge in [-0.05, 0) is 36.4 Å². The molecule has 1 fully saturated rings. The third-order valence-electron chi connectivity index (χ3n) is 4.77. The molecular formula is C21H26N2O6. The molecule has 0 spiro atoms. The third kappa shape index (κ3) is 5.36. The first-order valence-corrected chi connectivity index (χ1v) is 9.49. The normalized spacial score (nSPS) is 16.5. The Morgan fingerprint density at radius 2 is 2.00 bits per heavy atom. The number of methoxy groups -OCH3 is 2. The van der Waals surface area contributed by atoms with Gasteiger partial charge in [-0.15, -0.1) is 0 Å². The quantitative estimate of drug-likeness (QED) is 0.671. The van der Waals surface area contributed by atoms with Gasteiger partial charge in [-0.1, -0.05) is 0 Å². The van der Waals surface area contributed by atoms with Crippen LogP contribution >= 0.6 is 0 Å². The lowest BCUT2D eigenvalue weighted by Crippen LogP contribution is -2.51. The fourth-order valence-corrected chi connectivity index (χ4v) is 3.21. The second-order valence-electron chi connectivity index (χ2n) is 6.69. The van der Waals surface area contributed by atoms with Crippen LogP contribution in [-0.4, -0.2) is 81.3 Å². The van der Waals surface area contributed by atoms with E-state index in [-0.39, 0.29) is 23.7 Å². The molecule has 1 aromatic heterocycles. The lowest BCUT2D eigenvalue weighted by molar-refractivity contribution is -0.0350. The van der Waals surface area contributed by atoms with Crippen LogP contribution in [0.15, 0.2) is 47.1 Å². The van der Waals surface area contributed by atoms with Crippen LogP contribution in [0.1, 0.15) is 20.9 Å². The van der Waals surface area contributed by atoms with Crippen molar-refractivity contribution in [2.75, 3.05) is 53.6 Å². The highest BCUT2D eigenvalue weighted by molar-refractivity contribution is 5.94. The van der Waals surface area contributed by atoms with Crippen molar-refractivity contribution in [2.45, 2.75) is 6.10 Å². The van der Waals surface area contributed by atoms with E-state index in [0.29, 0.717) is 50.7 Å². The third-order valence-corrected chi connectivity index (χ3v) is 4.77. The Morgan fingerprint density at radius 1 is 1.21 bits per heavy atom. The maximum atomic E-state index is 12.8. The molecule has 2 amide bonds. The van der Waals surface area contributed by atoms with Crippen molar-refractivity contribution in [3.63, 3.8) is 0 Å². The minimum atomic E-state index is -0.290. The summed E-state index contributed by atoms with van der Waals surface area (Å²) < 4.78 is 21.3. The maximum Gasteiger partial charge on any atom is 0.289 e. The molecule has 0 N–H and O–H groups in total. The van der Waals surface area contributed by atoms with Gasteiger partial charge in [0.2, 0.25) is 0 Å². The van der Waals surface area contributed by atoms with Crippen LogP contribution in [0.2, 0.25) is 0 Å². The largest absolute Gasteiger partial charge is 0.497 e. The fraction of sp³-hybridized carbons (Fsp3) is 0.429. The van der Waals surface area contributed by atoms with E-state index in [1.807, 2.05) is 0 Å². The van der Waals surface area contributed by atoms with E-state index in [4.69, 9.17) is 18.6 Å². The number of nitrogens with zero attached hydrogens (tertiary/aromatic N) is 2. The summed E-state index contributed by atoms with van der Waals surface area (Å²) in [6.07, 6.45) is 1.18. The molecule has 29 heavy (non-hydrogen) atoms. The first-order valence-electron chi connectivity index (χ1n) is 9.49. The molecule has 8 heteroatoms. The Labute approximate surface area is 169 Å². The molecule has 1 saturated heterocycles. The van der Waals surface area contributed by atoms with Crippen LogP contribution < -0.4 is 4.74 Å². The number of hydrogen-bond donors (Lipinski definition) is 0. The number of ether oxygens (including phenoxy) is 3. The molecular weight excluding hydrogens is 376 g/mol. The molecule has 156 valence electrons. The maximum absolute atomic E-state index is 12.8. The predicted molar refractivity (Wildman–Crippen MR) is 105 cm³/mol. The lowest BCUT2D eigenvalue weighted by Gasteiger charge is -2.35. The summed E-state index contributed by atoms with van der Waals surface area (Å²) in [5, 5.41) is 0. The topological polar surface area (TPSA) is 81.5 Å². The molecule has 2 aromatic rings. The zero-order valence-corrected chi connectivity index (χ0v) is 16.7. The fourth-order valence-electron chi connectivity index (χ4n) is 3.21. The predicted octanol–water partition coefficient (Wildman–Crippen LogP) is 1.92. The minimum Gasteiger partial charge on any atom is -0.497 e. The van der Waals surface area contributed by atoms with E-state index in [1.165, 1.54) is 6.26 Å². The number of furan rings is 1. The zero-order chi connectivity index (χ0) is 20.6. The van der Waals surface area contributed by atoms with E-state index in [9.17, 15) is 9.59 Å². The van der Waals surface area contributed by atoms with Crippen molar-refractivity contribution in [3.05, 3.63) is 54.0 Å². The molecule has 3 rings (SSSR count). The second kappa shape index (κ2) is 10.1. The number of morpholine rings is 1. The standard InChI is InChI=1S/C21H26N2O6/c1-26-12-9-23(21(25)19-4-3-11-29-19)15-18-14-22(10-13-28-18)20(24)16-5-7-17(27-2)8-6-16/h3-8,11,18H,9-10,12-15H2,1-2H3. The number of amides is 2. The average molecular weight is 402 g/mol. The first-order chi connectivity index (χ1) is 14.1. The van der Waals surface area contributed by atoms with E-state index in [0.717, 1.165) is 0 Å². The van der Waals surface area contributed by atoms with Crippen molar-refractivity contribution in [2.24, 2.45) is 0 Å². The van der Waals surface area contributed by atoms with Crippen LogP contribution in [0.5, 0.6) is 5.75 Å². The van der Waals surface area contributed by atoms with Gasteiger partial charge < -0.3 is 28.4 Å². The van der Waals surface area contributed by atoms with E-state index in [2.05, 4.69) is 0 Å². The van der Waals surface area contributed by atoms with E-state index >= 15 is 0 Å². The molecule has 8 nitrogen and oxygen atoms in total. The molecule has 1 atom stereocenters. The molecule has 0 radical (unpaired) electrons. The molecule has 2 heterocycles. The number of hydrogen-bond acceptors (Lipinski definition) is 6. The molecule has 0 aliphatic carbocycles. The number of carbonyl (C=O) groups excluding carboxylic acids is 2. The molecule has 1 unspecified atom stereocenters. The highest BCUT2D eigenvalue weighted by Gasteiger charge is 2.29. The highest BCUT2D eigenvalue weighted by atomic mass is 16.5. The van der Waals surface area contributed by atoms with Crippen LogP contribution in [0.25, 0.3) is 0 Å². The number of carbonyl (C=O) groups is 2. The van der Waals surface area contributed by atoms with Crippen LogP contribution in [0.4, 0.5) is 0 Å². The summed E-state index contributed by atoms with van der Waals surface area (Å²) in [6, 6.07) is 10.3. The van der Waals surface area contributed by atoms with Gasteiger partial charge in [0.1, 0.15) is 5.75 Å². The van der Waals surface area contributed by atoms with Crippen LogP contribution in [0, 0.1) is 0 Å². The Hall–Kier alpha value is -2.84. The summed E-state index contributed by atoms with van der Waals surface area (Å²) >= 11 is 0. The molecule has 0 saturated carbocycles. The smallest absolute Gasteiger partial charge is 0.289 e. The van der Waals surface area contributed by atoms with Crippen molar-refractivity contribution in [3.8, 4) is 5.75 Å². The van der Waals surface area contributed by atoms with Gasteiger partial charge >= 0.3 is 0 Å². The van der Waals surface area contributed by atoms with Crippen molar-refractivity contribution >= 4 is 11.8 Å². The van der Waals surface area contributed by atoms with Gasteiger partial charge in [0.15, 0.2) is 5.76 Å². The van der Waals surface area contributed by atoms with Gasteiger partial charge in [-0.25, -0.2) is 0 Å². The zero-order valence-electron chi connectivity index (χ0n) is 16.7. The van der Waals surface area contributed by atoms with Crippen LogP contribution in [0.3, 0.4) is 0 Å². The monoisotopic (exact) mass is 402 g/mol. The summed E-state index contributed by atoms with van der Waals surface area (Å²) in [5.41, 5.74) is 0.592. The number of rotatable bonds is 8. The average Bonchev–Trinajstić information content (AvgIpc) is 3.31. The Morgan fingerprint density at radius 3 is 2.66 bits per heavy atom. The molecule has 1 aromatic carbocycles. The lowest BCUT2D eigenvalue weighted by atomic mass is 10.1. The van der Waals surface area contributed by atoms with Gasteiger partial charge in [-0.2, -0.15) is 0 Å². The first kappa shape index (κ1) is 20.9. The highest BCUT2D eigenvalue weighted by Crippen LogP contribution is 2.16. The summed E-state index contributed by atoms with van der Waals surface area (Å²) in [5.74, 6) is 0.672. The van der Waals surface area contributed by atoms with Gasteiger partial charge in [0.05, 0.1) is 32.7 Å². The molecule has 0 bridgehead atoms. The van der Waals surface area contributed by atoms with E-state index < -0.39 is 0 Å².